The van der Waals surface area contributed by atoms with Crippen LogP contribution in [-0.2, 0) is 86.1 Å². The Labute approximate surface area is 754 Å². The Morgan fingerprint density at radius 1 is 0.734 bits per heavy atom. The van der Waals surface area contributed by atoms with E-state index in [2.05, 4.69) is 107 Å². The van der Waals surface area contributed by atoms with Gasteiger partial charge in [-0.25, -0.2) is 23.7 Å². The monoisotopic (exact) mass is 1900 g/mol. The van der Waals surface area contributed by atoms with E-state index < -0.39 is 100 Å². The molecule has 0 aliphatic carbocycles. The number of aromatic nitrogens is 3. The first kappa shape index (κ1) is 107. The Morgan fingerprint density at radius 2 is 1.36 bits per heavy atom. The zero-order chi connectivity index (χ0) is 94.5. The van der Waals surface area contributed by atoms with Gasteiger partial charge < -0.3 is 93.8 Å². The van der Waals surface area contributed by atoms with E-state index >= 15 is 0 Å². The number of allylic oxidation sites excluding steroid dienone is 6. The number of ether oxygens (including phenoxy) is 1. The van der Waals surface area contributed by atoms with E-state index in [0.29, 0.717) is 132 Å². The lowest BCUT2D eigenvalue weighted by atomic mass is 9.81. The lowest BCUT2D eigenvalue weighted by molar-refractivity contribution is -0.438. The normalized spacial score (nSPS) is 18.2. The van der Waals surface area contributed by atoms with Gasteiger partial charge in [-0.2, -0.15) is 21.6 Å². The zero-order valence-electron chi connectivity index (χ0n) is 73.2. The van der Waals surface area contributed by atoms with Crippen molar-refractivity contribution in [1.29, 1.82) is 16.2 Å². The average molecular weight is 1900 g/mol. The number of anilines is 2. The molecule has 0 bridgehead atoms. The molecule has 9 unspecified atom stereocenters. The van der Waals surface area contributed by atoms with E-state index in [-0.39, 0.29) is 144 Å². The van der Waals surface area contributed by atoms with Crippen molar-refractivity contribution in [3.8, 4) is 11.8 Å². The van der Waals surface area contributed by atoms with Crippen molar-refractivity contribution in [1.82, 2.24) is 25.2 Å². The summed E-state index contributed by atoms with van der Waals surface area (Å²) >= 11 is 0. The molecule has 0 spiro atoms. The summed E-state index contributed by atoms with van der Waals surface area (Å²) in [6.45, 7) is 13.3. The predicted octanol–water partition coefficient (Wildman–Crippen LogP) is 11.3. The Bertz CT molecular complexity index is 5140. The van der Waals surface area contributed by atoms with Gasteiger partial charge in [0.1, 0.15) is 60.3 Å². The van der Waals surface area contributed by atoms with Gasteiger partial charge >= 0.3 is 29.4 Å². The summed E-state index contributed by atoms with van der Waals surface area (Å²) in [6, 6.07) is 7.63. The van der Waals surface area contributed by atoms with Gasteiger partial charge in [0.15, 0.2) is 17.3 Å². The van der Waals surface area contributed by atoms with Crippen LogP contribution in [0.5, 0.6) is 0 Å². The molecular weight excluding hydrogens is 1770 g/mol. The van der Waals surface area contributed by atoms with Crippen molar-refractivity contribution in [2.75, 3.05) is 48.4 Å². The number of phosphoric acid groups is 3. The predicted molar refractivity (Wildman–Crippen MR) is 491 cm³/mol. The van der Waals surface area contributed by atoms with E-state index in [9.17, 15) is 75.1 Å². The summed E-state index contributed by atoms with van der Waals surface area (Å²) in [4.78, 5) is 138. The van der Waals surface area contributed by atoms with Crippen molar-refractivity contribution in [2.24, 2.45) is 17.2 Å². The Balaban J connectivity index is 0.878. The number of aryl methyl sites for hydroxylation is 1. The maximum absolute atomic E-state index is 14.0. The number of ketones is 4. The molecule has 2 aromatic heterocycles. The van der Waals surface area contributed by atoms with Crippen LogP contribution in [-0.4, -0.2) is 200 Å². The number of benzene rings is 2. The van der Waals surface area contributed by atoms with Crippen molar-refractivity contribution in [3.63, 3.8) is 0 Å². The number of fused-ring (bicyclic) bond motifs is 3. The Hall–Kier alpha value is -7.97. The highest BCUT2D eigenvalue weighted by Gasteiger charge is 2.47. The molecule has 1 fully saturated rings. The topological polar surface area (TPSA) is 620 Å². The van der Waals surface area contributed by atoms with Crippen LogP contribution in [0.25, 0.3) is 11.0 Å². The number of rotatable bonds is 59. The fourth-order valence-electron chi connectivity index (χ4n) is 15.3. The molecule has 2 amide bonds. The lowest BCUT2D eigenvalue weighted by Crippen LogP contribution is -2.48. The molecule has 2 aromatic carbocycles. The van der Waals surface area contributed by atoms with Crippen molar-refractivity contribution < 1.29 is 112 Å². The van der Waals surface area contributed by atoms with Crippen LogP contribution in [0, 0.1) is 35.0 Å². The molecule has 20 N–H and O–H groups in total. The quantitative estimate of drug-likeness (QED) is 0.00285. The fraction of sp³-hybridized carbons (Fsp3) is 0.565. The van der Waals surface area contributed by atoms with Crippen LogP contribution >= 0.6 is 45.1 Å². The molecule has 7 rings (SSSR count). The third-order valence-corrected chi connectivity index (χ3v) is 29.3. The second-order valence-corrected chi connectivity index (χ2v) is 41.6. The molecule has 0 radical (unpaired) electrons. The largest absolute Gasteiger partial charge is 0.490 e. The smallest absolute Gasteiger partial charge is 0.480 e. The number of aliphatic hydroxyl groups is 1. The number of carbonyl (C=O) groups excluding carboxylic acids is 6. The van der Waals surface area contributed by atoms with E-state index in [4.69, 9.17) is 58.8 Å². The van der Waals surface area contributed by atoms with E-state index in [1.807, 2.05) is 38.2 Å². The van der Waals surface area contributed by atoms with Crippen LogP contribution in [0.3, 0.4) is 0 Å². The number of likely N-dealkylation sites (N-methyl/N-ethyl adjacent to an activating group) is 1. The summed E-state index contributed by atoms with van der Waals surface area (Å²) in [5.74, 6) is 3.84. The highest BCUT2D eigenvalue weighted by molar-refractivity contribution is 8.76. The molecule has 1 saturated heterocycles. The fourth-order valence-corrected chi connectivity index (χ4v) is 21.0. The maximum atomic E-state index is 14.0. The number of hydrogen-bond donors (Lipinski definition) is 16. The molecule has 3 aliphatic rings. The van der Waals surface area contributed by atoms with Crippen molar-refractivity contribution >= 4 is 147 Å². The number of Topliss-reactive ketones (excluding diaryl/α,β-unsaturated/α-hetero) is 4. The molecular formula is C85H124N14O23P3S3+. The second kappa shape index (κ2) is 50.0. The molecule has 9 atom stereocenters. The SMILES string of the molecule is CCN1C(=CC=CC=CC2=[N+](CCCCCC(=O)NC(CSSCCC(=O)CCC#Cc3cn(C4CC(O)C(COP(=O)(O)OP(=O)(O)OP(=O)(O)O)O4)c4ncnc(N)c34)C(=O)NCCCCCC(=O)CC(=N)CCCCC(N)C(=O)CC(=N)CCCCC(N)C(=O)CC(=N)CCCCC(N)C(=O)O)c3ccc(S(=O)(=O)O)cc3C2(C)C)C(C)(C)c2cc(C)ccc21. The number of aliphatic carboxylic acids is 1. The highest BCUT2D eigenvalue weighted by atomic mass is 33.1. The highest BCUT2D eigenvalue weighted by Crippen LogP contribution is 2.66. The number of nitrogen functional groups attached to an aromatic ring is 1. The number of hydrogen-bond acceptors (Lipinski definition) is 29. The van der Waals surface area contributed by atoms with Crippen LogP contribution in [0.4, 0.5) is 17.2 Å². The molecule has 704 valence electrons. The lowest BCUT2D eigenvalue weighted by Gasteiger charge is -2.25. The molecule has 0 saturated carbocycles. The average Bonchev–Trinajstić information content (AvgIpc) is 1.59. The summed E-state index contributed by atoms with van der Waals surface area (Å²) in [6.07, 6.45) is 17.8. The van der Waals surface area contributed by atoms with E-state index in [0.717, 1.165) is 23.5 Å². The van der Waals surface area contributed by atoms with E-state index in [1.54, 1.807) is 6.07 Å². The van der Waals surface area contributed by atoms with Gasteiger partial charge in [0.2, 0.25) is 17.5 Å². The number of unbranched alkanes of at least 4 members (excludes halogenated alkanes) is 7. The summed E-state index contributed by atoms with van der Waals surface area (Å²) in [5.41, 5.74) is 31.6. The molecule has 43 heteroatoms. The van der Waals surface area contributed by atoms with Crippen molar-refractivity contribution in [3.05, 3.63) is 107 Å². The molecule has 5 heterocycles. The first-order valence-electron chi connectivity index (χ1n) is 42.7. The van der Waals surface area contributed by atoms with Crippen LogP contribution in [0.2, 0.25) is 0 Å². The number of nitrogens with two attached hydrogens (primary N) is 4. The molecule has 4 aromatic rings. The van der Waals surface area contributed by atoms with Gasteiger partial charge in [0.25, 0.3) is 10.1 Å². The summed E-state index contributed by atoms with van der Waals surface area (Å²) in [5, 5.41) is 50.8. The minimum Gasteiger partial charge on any atom is -0.480 e. The minimum atomic E-state index is -5.81. The zero-order valence-corrected chi connectivity index (χ0v) is 78.3. The van der Waals surface area contributed by atoms with Gasteiger partial charge in [-0.3, -0.25) is 42.6 Å². The number of phosphoric ester groups is 1. The maximum Gasteiger partial charge on any atom is 0.490 e. The first-order chi connectivity index (χ1) is 60.2. The number of nitrogens with zero attached hydrogens (tertiary/aromatic N) is 5. The van der Waals surface area contributed by atoms with Gasteiger partial charge in [-0.15, -0.1) is 0 Å². The number of aliphatic hydroxyl groups excluding tert-OH is 1. The third kappa shape index (κ3) is 33.7. The Kier molecular flexibility index (Phi) is 41.9. The van der Waals surface area contributed by atoms with Crippen LogP contribution in [0.1, 0.15) is 236 Å². The summed E-state index contributed by atoms with van der Waals surface area (Å²) in [7, 11) is -18.9. The first-order valence-corrected chi connectivity index (χ1v) is 51.2. The van der Waals surface area contributed by atoms with E-state index in [1.165, 1.54) is 73.3 Å². The molecule has 128 heavy (non-hydrogen) atoms. The van der Waals surface area contributed by atoms with Gasteiger partial charge in [-0.1, -0.05) is 109 Å². The molecule has 3 aliphatic heterocycles. The Morgan fingerprint density at radius 3 is 1.99 bits per heavy atom. The standard InChI is InChI=1S/C85H123N14O23P3S3/c1-7-97-69-39-37-55(2)45-63(69)84(3,4)75(97)34-12-8-13-35-76-85(5,6)64-49-62(128(116,117)118)38-40-70(64)98(76)43-24-10-14-36-77(105)96-68(53-127-126-44-41-60(100)29-19-15-25-56-51-99(81-79(56)80(92)94-54-95-81)78-50-73(104)74(120-78)52-119-124(112,113)122-125(114,115)121-123(109,110)111)82(106)93-42-23-9-11-30-61(101)46-57(86)26-16-20-31-65(89)71(102)47-58(87)27-17-21-32-66(90)72(103)48-59(88)28-18-22-33-67(91)83(107)108/h8,12-13,34-35,37-40,45,49,51,54,65-68,73-74,78,86-88,104H,7,9-11,14,16-24,26-33,36,41-44,46-48,50,52-53,89-91H2,1-6H3,(H9-,92,93,94,95,96,105,106,107,108,109,110,111,112,113,114,115,116,117,118)/p+1. The van der Waals surface area contributed by atoms with Crippen LogP contribution in [0.15, 0.2) is 89.9 Å². The minimum absolute atomic E-state index is 0.0269. The number of carboxylic acid groups (broad SMARTS) is 1. The van der Waals surface area contributed by atoms with Crippen molar-refractivity contribution in [2.45, 2.75) is 273 Å². The van der Waals surface area contributed by atoms with Crippen LogP contribution < -0.4 is 38.5 Å². The number of nitrogens with one attached hydrogen (secondary N) is 5. The number of amides is 2. The second-order valence-electron chi connectivity index (χ2n) is 33.2. The number of carbonyl (C=O) groups is 7. The molecule has 37 nitrogen and oxygen atoms in total. The number of carboxylic acids is 1. The third-order valence-electron chi connectivity index (χ3n) is 22.2. The van der Waals surface area contributed by atoms with Gasteiger partial charge in [-0.05, 0) is 141 Å². The summed E-state index contributed by atoms with van der Waals surface area (Å²) < 4.78 is 91.9. The van der Waals surface area contributed by atoms with Gasteiger partial charge in [0, 0.05) is 147 Å². The van der Waals surface area contributed by atoms with Gasteiger partial charge in [0.05, 0.1) is 46.1 Å².